The van der Waals surface area contributed by atoms with Gasteiger partial charge in [0.1, 0.15) is 5.52 Å². The van der Waals surface area contributed by atoms with Crippen LogP contribution in [0.25, 0.3) is 11.1 Å². The zero-order valence-corrected chi connectivity index (χ0v) is 11.1. The van der Waals surface area contributed by atoms with Crippen molar-refractivity contribution in [2.45, 2.75) is 6.54 Å². The minimum absolute atomic E-state index is 0.580. The highest BCUT2D eigenvalue weighted by atomic mass is 79.9. The molecule has 0 spiro atoms. The summed E-state index contributed by atoms with van der Waals surface area (Å²) in [5.41, 5.74) is 2.73. The zero-order valence-electron chi connectivity index (χ0n) is 9.56. The lowest BCUT2D eigenvalue weighted by Crippen LogP contribution is -1.98. The van der Waals surface area contributed by atoms with Crippen LogP contribution < -0.4 is 5.32 Å². The lowest BCUT2D eigenvalue weighted by Gasteiger charge is -2.01. The molecule has 3 aromatic rings. The molecular weight excluding hydrogens is 292 g/mol. The number of benzene rings is 2. The summed E-state index contributed by atoms with van der Waals surface area (Å²) in [7, 11) is 0. The Labute approximate surface area is 113 Å². The molecule has 0 bridgehead atoms. The van der Waals surface area contributed by atoms with E-state index in [1.54, 1.807) is 0 Å². The van der Waals surface area contributed by atoms with Crippen molar-refractivity contribution in [3.05, 3.63) is 58.9 Å². The van der Waals surface area contributed by atoms with Crippen LogP contribution in [-0.2, 0) is 6.54 Å². The van der Waals surface area contributed by atoms with Gasteiger partial charge in [0.2, 0.25) is 5.89 Å². The first kappa shape index (κ1) is 11.3. The molecule has 1 N–H and O–H groups in total. The van der Waals surface area contributed by atoms with E-state index in [0.29, 0.717) is 12.4 Å². The van der Waals surface area contributed by atoms with Crippen LogP contribution in [-0.4, -0.2) is 4.98 Å². The van der Waals surface area contributed by atoms with Crippen LogP contribution in [0, 0.1) is 0 Å². The van der Waals surface area contributed by atoms with Gasteiger partial charge in [-0.05, 0) is 30.3 Å². The first-order chi connectivity index (χ1) is 8.81. The van der Waals surface area contributed by atoms with E-state index >= 15 is 0 Å². The molecule has 0 radical (unpaired) electrons. The number of para-hydroxylation sites is 1. The van der Waals surface area contributed by atoms with Gasteiger partial charge in [-0.3, -0.25) is 0 Å². The average molecular weight is 303 g/mol. The molecule has 3 rings (SSSR count). The minimum Gasteiger partial charge on any atom is -0.439 e. The molecule has 0 atom stereocenters. The summed E-state index contributed by atoms with van der Waals surface area (Å²) in [5, 5.41) is 3.27. The summed E-state index contributed by atoms with van der Waals surface area (Å²) in [6.07, 6.45) is 0. The van der Waals surface area contributed by atoms with Crippen molar-refractivity contribution in [2.24, 2.45) is 0 Å². The molecule has 0 fully saturated rings. The SMILES string of the molecule is Brc1ccc2oc(CNc3ccccc3)nc2c1. The van der Waals surface area contributed by atoms with Gasteiger partial charge in [-0.1, -0.05) is 34.1 Å². The predicted molar refractivity (Wildman–Crippen MR) is 75.5 cm³/mol. The van der Waals surface area contributed by atoms with Crippen LogP contribution in [0.1, 0.15) is 5.89 Å². The summed E-state index contributed by atoms with van der Waals surface area (Å²) in [6, 6.07) is 15.8. The van der Waals surface area contributed by atoms with Crippen molar-refractivity contribution >= 4 is 32.7 Å². The van der Waals surface area contributed by atoms with Crippen LogP contribution in [0.3, 0.4) is 0 Å². The van der Waals surface area contributed by atoms with Gasteiger partial charge in [-0.2, -0.15) is 0 Å². The van der Waals surface area contributed by atoms with Gasteiger partial charge < -0.3 is 9.73 Å². The Morgan fingerprint density at radius 1 is 1.11 bits per heavy atom. The fourth-order valence-corrected chi connectivity index (χ4v) is 2.11. The molecular formula is C14H11BrN2O. The molecule has 4 heteroatoms. The standard InChI is InChI=1S/C14H11BrN2O/c15-10-6-7-13-12(8-10)17-14(18-13)9-16-11-4-2-1-3-5-11/h1-8,16H,9H2. The van der Waals surface area contributed by atoms with Crippen molar-refractivity contribution in [1.29, 1.82) is 0 Å². The van der Waals surface area contributed by atoms with Gasteiger partial charge in [-0.15, -0.1) is 0 Å². The molecule has 2 aromatic carbocycles. The molecule has 1 aromatic heterocycles. The second kappa shape index (κ2) is 4.82. The maximum atomic E-state index is 5.65. The van der Waals surface area contributed by atoms with E-state index in [0.717, 1.165) is 21.3 Å². The number of halogens is 1. The Morgan fingerprint density at radius 2 is 1.94 bits per heavy atom. The number of nitrogens with zero attached hydrogens (tertiary/aromatic N) is 1. The van der Waals surface area contributed by atoms with Crippen LogP contribution >= 0.6 is 15.9 Å². The van der Waals surface area contributed by atoms with Crippen molar-refractivity contribution in [3.63, 3.8) is 0 Å². The monoisotopic (exact) mass is 302 g/mol. The Kier molecular flexibility index (Phi) is 3.02. The van der Waals surface area contributed by atoms with Crippen LogP contribution in [0.4, 0.5) is 5.69 Å². The van der Waals surface area contributed by atoms with Gasteiger partial charge in [0.25, 0.3) is 0 Å². The van der Waals surface area contributed by atoms with E-state index in [2.05, 4.69) is 26.2 Å². The van der Waals surface area contributed by atoms with E-state index in [4.69, 9.17) is 4.42 Å². The van der Waals surface area contributed by atoms with Gasteiger partial charge >= 0.3 is 0 Å². The highest BCUT2D eigenvalue weighted by molar-refractivity contribution is 9.10. The molecule has 0 saturated carbocycles. The van der Waals surface area contributed by atoms with E-state index < -0.39 is 0 Å². The Bertz CT molecular complexity index is 664. The summed E-state index contributed by atoms with van der Waals surface area (Å²) in [4.78, 5) is 4.43. The normalized spacial score (nSPS) is 10.7. The number of fused-ring (bicyclic) bond motifs is 1. The Hall–Kier alpha value is -1.81. The van der Waals surface area contributed by atoms with Crippen molar-refractivity contribution in [1.82, 2.24) is 4.98 Å². The molecule has 1 heterocycles. The first-order valence-corrected chi connectivity index (χ1v) is 6.44. The van der Waals surface area contributed by atoms with Gasteiger partial charge in [0, 0.05) is 10.2 Å². The molecule has 0 unspecified atom stereocenters. The molecule has 0 amide bonds. The van der Waals surface area contributed by atoms with E-state index in [1.165, 1.54) is 0 Å². The summed E-state index contributed by atoms with van der Waals surface area (Å²) < 4.78 is 6.66. The van der Waals surface area contributed by atoms with Crippen molar-refractivity contribution in [3.8, 4) is 0 Å². The number of anilines is 1. The highest BCUT2D eigenvalue weighted by Gasteiger charge is 2.05. The third-order valence-electron chi connectivity index (χ3n) is 2.61. The number of hydrogen-bond acceptors (Lipinski definition) is 3. The maximum absolute atomic E-state index is 5.65. The van der Waals surface area contributed by atoms with E-state index in [1.807, 2.05) is 48.5 Å². The fraction of sp³-hybridized carbons (Fsp3) is 0.0714. The van der Waals surface area contributed by atoms with Gasteiger partial charge in [0.05, 0.1) is 6.54 Å². The summed E-state index contributed by atoms with van der Waals surface area (Å²) in [5.74, 6) is 0.687. The molecule has 18 heavy (non-hydrogen) atoms. The second-order valence-electron chi connectivity index (χ2n) is 3.94. The lowest BCUT2D eigenvalue weighted by molar-refractivity contribution is 0.540. The summed E-state index contributed by atoms with van der Waals surface area (Å²) >= 11 is 3.42. The quantitative estimate of drug-likeness (QED) is 0.788. The molecule has 90 valence electrons. The second-order valence-corrected chi connectivity index (χ2v) is 4.85. The number of nitrogens with one attached hydrogen (secondary N) is 1. The van der Waals surface area contributed by atoms with Crippen LogP contribution in [0.5, 0.6) is 0 Å². The molecule has 0 aliphatic carbocycles. The molecule has 0 saturated heterocycles. The molecule has 0 aliphatic rings. The highest BCUT2D eigenvalue weighted by Crippen LogP contribution is 2.20. The maximum Gasteiger partial charge on any atom is 0.214 e. The minimum atomic E-state index is 0.580. The largest absolute Gasteiger partial charge is 0.439 e. The van der Waals surface area contributed by atoms with Gasteiger partial charge in [-0.25, -0.2) is 4.98 Å². The predicted octanol–water partition coefficient (Wildman–Crippen LogP) is 4.20. The average Bonchev–Trinajstić information content (AvgIpc) is 2.79. The molecule has 0 aliphatic heterocycles. The third kappa shape index (κ3) is 2.38. The number of aromatic nitrogens is 1. The number of oxazole rings is 1. The van der Waals surface area contributed by atoms with Gasteiger partial charge in [0.15, 0.2) is 5.58 Å². The summed E-state index contributed by atoms with van der Waals surface area (Å²) in [6.45, 7) is 0.580. The Morgan fingerprint density at radius 3 is 2.78 bits per heavy atom. The number of rotatable bonds is 3. The number of hydrogen-bond donors (Lipinski definition) is 1. The van der Waals surface area contributed by atoms with E-state index in [-0.39, 0.29) is 0 Å². The Balaban J connectivity index is 1.79. The topological polar surface area (TPSA) is 38.1 Å². The lowest BCUT2D eigenvalue weighted by atomic mass is 10.3. The van der Waals surface area contributed by atoms with Crippen molar-refractivity contribution < 1.29 is 4.42 Å². The first-order valence-electron chi connectivity index (χ1n) is 5.65. The zero-order chi connectivity index (χ0) is 12.4. The van der Waals surface area contributed by atoms with Crippen LogP contribution in [0.2, 0.25) is 0 Å². The molecule has 3 nitrogen and oxygen atoms in total. The third-order valence-corrected chi connectivity index (χ3v) is 3.10. The van der Waals surface area contributed by atoms with E-state index in [9.17, 15) is 0 Å². The smallest absolute Gasteiger partial charge is 0.214 e. The fourth-order valence-electron chi connectivity index (χ4n) is 1.76. The van der Waals surface area contributed by atoms with Crippen LogP contribution in [0.15, 0.2) is 57.4 Å². The van der Waals surface area contributed by atoms with Crippen molar-refractivity contribution in [2.75, 3.05) is 5.32 Å².